The molecule has 0 spiro atoms. The molecule has 2 aromatic heterocycles. The molecule has 0 aliphatic heterocycles. The Morgan fingerprint density at radius 2 is 1.77 bits per heavy atom. The van der Waals surface area contributed by atoms with Crippen molar-refractivity contribution in [3.05, 3.63) is 60.9 Å². The van der Waals surface area contributed by atoms with Gasteiger partial charge in [0.25, 0.3) is 5.78 Å². The van der Waals surface area contributed by atoms with E-state index in [-0.39, 0.29) is 0 Å². The lowest BCUT2D eigenvalue weighted by molar-refractivity contribution is 0.989. The van der Waals surface area contributed by atoms with E-state index in [4.69, 9.17) is 4.98 Å². The van der Waals surface area contributed by atoms with Crippen LogP contribution in [0.4, 0.5) is 11.5 Å². The first kappa shape index (κ1) is 12.8. The zero-order chi connectivity index (χ0) is 14.9. The summed E-state index contributed by atoms with van der Waals surface area (Å²) in [6.45, 7) is 2.95. The van der Waals surface area contributed by atoms with Crippen LogP contribution in [0.2, 0.25) is 0 Å². The summed E-state index contributed by atoms with van der Waals surface area (Å²) >= 11 is 0. The van der Waals surface area contributed by atoms with Gasteiger partial charge in [0.1, 0.15) is 12.1 Å². The third-order valence-electron chi connectivity index (χ3n) is 3.78. The molecule has 0 N–H and O–H groups in total. The first-order valence-corrected chi connectivity index (χ1v) is 7.29. The van der Waals surface area contributed by atoms with Crippen LogP contribution in [0, 0.1) is 0 Å². The van der Waals surface area contributed by atoms with Gasteiger partial charge in [-0.15, -0.1) is 10.2 Å². The summed E-state index contributed by atoms with van der Waals surface area (Å²) in [5.74, 6) is 1.52. The number of rotatable bonds is 3. The summed E-state index contributed by atoms with van der Waals surface area (Å²) in [6.07, 6.45) is 1.70. The fraction of sp³-hybridized carbons (Fsp3) is 0.118. The van der Waals surface area contributed by atoms with Crippen molar-refractivity contribution in [2.75, 3.05) is 11.4 Å². The lowest BCUT2D eigenvalue weighted by Crippen LogP contribution is -2.18. The predicted molar refractivity (Wildman–Crippen MR) is 87.4 cm³/mol. The second kappa shape index (κ2) is 5.11. The normalized spacial score (nSPS) is 11.1. The van der Waals surface area contributed by atoms with Crippen molar-refractivity contribution in [1.29, 1.82) is 0 Å². The first-order valence-electron chi connectivity index (χ1n) is 7.29. The van der Waals surface area contributed by atoms with E-state index in [0.717, 1.165) is 29.0 Å². The molecule has 2 aromatic carbocycles. The zero-order valence-corrected chi connectivity index (χ0v) is 12.2. The van der Waals surface area contributed by atoms with Crippen LogP contribution in [0.1, 0.15) is 6.92 Å². The molecule has 0 aliphatic rings. The standard InChI is InChI=1S/C17H15N5/c1-2-21(13-8-4-3-5-9-13)16-14-10-6-7-11-15(14)22-12-18-20-17(22)19-16/h3-12H,2H2,1H3. The van der Waals surface area contributed by atoms with Gasteiger partial charge in [0.2, 0.25) is 0 Å². The number of aromatic nitrogens is 4. The van der Waals surface area contributed by atoms with Crippen molar-refractivity contribution in [2.45, 2.75) is 6.92 Å². The highest BCUT2D eigenvalue weighted by atomic mass is 15.3. The van der Waals surface area contributed by atoms with E-state index in [9.17, 15) is 0 Å². The van der Waals surface area contributed by atoms with Crippen LogP contribution in [0.5, 0.6) is 0 Å². The van der Waals surface area contributed by atoms with Crippen molar-refractivity contribution < 1.29 is 0 Å². The molecule has 0 fully saturated rings. The molecule has 0 saturated carbocycles. The molecule has 0 unspecified atom stereocenters. The minimum Gasteiger partial charge on any atom is -0.326 e. The molecule has 5 heteroatoms. The third kappa shape index (κ3) is 1.90. The highest BCUT2D eigenvalue weighted by Gasteiger charge is 2.15. The van der Waals surface area contributed by atoms with Crippen molar-refractivity contribution in [2.24, 2.45) is 0 Å². The van der Waals surface area contributed by atoms with E-state index in [2.05, 4.69) is 46.3 Å². The van der Waals surface area contributed by atoms with Gasteiger partial charge in [-0.25, -0.2) is 0 Å². The van der Waals surface area contributed by atoms with Crippen LogP contribution in [-0.2, 0) is 0 Å². The van der Waals surface area contributed by atoms with Crippen molar-refractivity contribution >= 4 is 28.2 Å². The van der Waals surface area contributed by atoms with Crippen molar-refractivity contribution in [3.63, 3.8) is 0 Å². The molecule has 2 heterocycles. The molecule has 4 rings (SSSR count). The van der Waals surface area contributed by atoms with E-state index in [1.165, 1.54) is 0 Å². The largest absolute Gasteiger partial charge is 0.326 e. The maximum atomic E-state index is 4.73. The van der Waals surface area contributed by atoms with Crippen LogP contribution >= 0.6 is 0 Å². The molecular weight excluding hydrogens is 274 g/mol. The van der Waals surface area contributed by atoms with Gasteiger partial charge in [0, 0.05) is 17.6 Å². The van der Waals surface area contributed by atoms with Gasteiger partial charge < -0.3 is 4.90 Å². The molecule has 0 amide bonds. The minimum absolute atomic E-state index is 0.614. The van der Waals surface area contributed by atoms with Crippen LogP contribution in [0.25, 0.3) is 16.7 Å². The molecule has 4 aromatic rings. The Labute approximate surface area is 127 Å². The number of hydrogen-bond donors (Lipinski definition) is 0. The maximum Gasteiger partial charge on any atom is 0.257 e. The van der Waals surface area contributed by atoms with E-state index in [0.29, 0.717) is 5.78 Å². The topological polar surface area (TPSA) is 46.3 Å². The second-order valence-corrected chi connectivity index (χ2v) is 5.03. The van der Waals surface area contributed by atoms with Crippen molar-refractivity contribution in [3.8, 4) is 0 Å². The fourth-order valence-corrected chi connectivity index (χ4v) is 2.77. The van der Waals surface area contributed by atoms with E-state index >= 15 is 0 Å². The molecule has 0 aliphatic carbocycles. The highest BCUT2D eigenvalue weighted by molar-refractivity contribution is 5.93. The predicted octanol–water partition coefficient (Wildman–Crippen LogP) is 3.44. The number of benzene rings is 2. The smallest absolute Gasteiger partial charge is 0.257 e. The third-order valence-corrected chi connectivity index (χ3v) is 3.78. The van der Waals surface area contributed by atoms with Crippen molar-refractivity contribution in [1.82, 2.24) is 19.6 Å². The van der Waals surface area contributed by atoms with Crippen LogP contribution in [0.15, 0.2) is 60.9 Å². The van der Waals surface area contributed by atoms with Gasteiger partial charge in [-0.05, 0) is 31.2 Å². The van der Waals surface area contributed by atoms with Crippen LogP contribution in [0.3, 0.4) is 0 Å². The van der Waals surface area contributed by atoms with Gasteiger partial charge in [-0.3, -0.25) is 4.40 Å². The summed E-state index contributed by atoms with van der Waals surface area (Å²) in [5, 5.41) is 9.18. The molecular formula is C17H15N5. The molecule has 0 radical (unpaired) electrons. The van der Waals surface area contributed by atoms with E-state index < -0.39 is 0 Å². The number of fused-ring (bicyclic) bond motifs is 3. The molecule has 108 valence electrons. The zero-order valence-electron chi connectivity index (χ0n) is 12.2. The second-order valence-electron chi connectivity index (χ2n) is 5.03. The Kier molecular flexibility index (Phi) is 2.96. The molecule has 0 atom stereocenters. The van der Waals surface area contributed by atoms with Gasteiger partial charge in [0.15, 0.2) is 0 Å². The number of anilines is 2. The first-order chi connectivity index (χ1) is 10.9. The SMILES string of the molecule is CCN(c1ccccc1)c1nc2nncn2c2ccccc12. The average molecular weight is 289 g/mol. The lowest BCUT2D eigenvalue weighted by atomic mass is 10.2. The Balaban J connectivity index is 2.03. The lowest BCUT2D eigenvalue weighted by Gasteiger charge is -2.23. The summed E-state index contributed by atoms with van der Waals surface area (Å²) in [6, 6.07) is 18.5. The molecule has 0 bridgehead atoms. The molecule has 22 heavy (non-hydrogen) atoms. The quantitative estimate of drug-likeness (QED) is 0.579. The van der Waals surface area contributed by atoms with Gasteiger partial charge >= 0.3 is 0 Å². The van der Waals surface area contributed by atoms with E-state index in [1.54, 1.807) is 6.33 Å². The Morgan fingerprint density at radius 1 is 1.00 bits per heavy atom. The maximum absolute atomic E-state index is 4.73. The summed E-state index contributed by atoms with van der Waals surface area (Å²) in [7, 11) is 0. The van der Waals surface area contributed by atoms with E-state index in [1.807, 2.05) is 34.7 Å². The fourth-order valence-electron chi connectivity index (χ4n) is 2.77. The van der Waals surface area contributed by atoms with Gasteiger partial charge in [-0.1, -0.05) is 30.3 Å². The number of hydrogen-bond acceptors (Lipinski definition) is 4. The van der Waals surface area contributed by atoms with Crippen LogP contribution < -0.4 is 4.90 Å². The van der Waals surface area contributed by atoms with Crippen LogP contribution in [-0.4, -0.2) is 26.1 Å². The highest BCUT2D eigenvalue weighted by Crippen LogP contribution is 2.30. The Bertz CT molecular complexity index is 930. The Hall–Kier alpha value is -2.95. The number of nitrogens with zero attached hydrogens (tertiary/aromatic N) is 5. The minimum atomic E-state index is 0.614. The summed E-state index contributed by atoms with van der Waals surface area (Å²) in [5.41, 5.74) is 2.17. The summed E-state index contributed by atoms with van der Waals surface area (Å²) in [4.78, 5) is 6.92. The average Bonchev–Trinajstić information content (AvgIpc) is 3.05. The molecule has 0 saturated heterocycles. The summed E-state index contributed by atoms with van der Waals surface area (Å²) < 4.78 is 1.91. The van der Waals surface area contributed by atoms with Gasteiger partial charge in [0.05, 0.1) is 5.52 Å². The monoisotopic (exact) mass is 289 g/mol. The Morgan fingerprint density at radius 3 is 2.59 bits per heavy atom. The van der Waals surface area contributed by atoms with Gasteiger partial charge in [-0.2, -0.15) is 4.98 Å². The number of para-hydroxylation sites is 2. The molecule has 5 nitrogen and oxygen atoms in total.